The predicted molar refractivity (Wildman–Crippen MR) is 113 cm³/mol. The standard InChI is InChI=1S/C22H26N4O3/c1-26(2)19(15-8-10-16(29-3)11-9-15)14-23-21(27)13-12-20-24-18-7-5-4-6-17(18)22(28)25-20/h4-11,19H,12-14H2,1-3H3,(H,23,27)(H,24,25,28). The molecule has 0 fully saturated rings. The van der Waals surface area contributed by atoms with Crippen LogP contribution in [-0.4, -0.2) is 48.5 Å². The van der Waals surface area contributed by atoms with Crippen LogP contribution in [0.15, 0.2) is 53.3 Å². The molecule has 0 saturated carbocycles. The summed E-state index contributed by atoms with van der Waals surface area (Å²) >= 11 is 0. The van der Waals surface area contributed by atoms with Gasteiger partial charge in [0, 0.05) is 19.4 Å². The minimum absolute atomic E-state index is 0.0449. The fourth-order valence-corrected chi connectivity index (χ4v) is 3.21. The lowest BCUT2D eigenvalue weighted by molar-refractivity contribution is -0.121. The topological polar surface area (TPSA) is 87.3 Å². The van der Waals surface area contributed by atoms with Gasteiger partial charge in [0.2, 0.25) is 5.91 Å². The van der Waals surface area contributed by atoms with Crippen LogP contribution < -0.4 is 15.6 Å². The average molecular weight is 394 g/mol. The Morgan fingerprint density at radius 3 is 2.59 bits per heavy atom. The van der Waals surface area contributed by atoms with Crippen LogP contribution in [0.25, 0.3) is 10.9 Å². The number of ether oxygens (including phenoxy) is 1. The van der Waals surface area contributed by atoms with Crippen LogP contribution in [0.5, 0.6) is 5.75 Å². The molecule has 0 bridgehead atoms. The maximum absolute atomic E-state index is 12.4. The predicted octanol–water partition coefficient (Wildman–Crippen LogP) is 2.28. The molecule has 29 heavy (non-hydrogen) atoms. The Balaban J connectivity index is 1.59. The summed E-state index contributed by atoms with van der Waals surface area (Å²) < 4.78 is 5.20. The molecule has 0 radical (unpaired) electrons. The van der Waals surface area contributed by atoms with Gasteiger partial charge in [0.1, 0.15) is 11.6 Å². The number of carbonyl (C=O) groups excluding carboxylic acids is 1. The number of amides is 1. The zero-order valence-electron chi connectivity index (χ0n) is 16.9. The molecule has 0 aliphatic carbocycles. The normalized spacial score (nSPS) is 12.1. The smallest absolute Gasteiger partial charge is 0.258 e. The van der Waals surface area contributed by atoms with Crippen LogP contribution >= 0.6 is 0 Å². The van der Waals surface area contributed by atoms with Gasteiger partial charge in [0.25, 0.3) is 5.56 Å². The first-order valence-electron chi connectivity index (χ1n) is 9.53. The van der Waals surface area contributed by atoms with Crippen molar-refractivity contribution < 1.29 is 9.53 Å². The molecule has 1 unspecified atom stereocenters. The van der Waals surface area contributed by atoms with Gasteiger partial charge in [-0.1, -0.05) is 24.3 Å². The first-order valence-corrected chi connectivity index (χ1v) is 9.53. The number of hydrogen-bond donors (Lipinski definition) is 2. The highest BCUT2D eigenvalue weighted by atomic mass is 16.5. The number of aromatic nitrogens is 2. The van der Waals surface area contributed by atoms with Crippen molar-refractivity contribution in [2.75, 3.05) is 27.7 Å². The second-order valence-corrected chi connectivity index (χ2v) is 7.09. The number of hydrogen-bond acceptors (Lipinski definition) is 5. The molecular weight excluding hydrogens is 368 g/mol. The van der Waals surface area contributed by atoms with Gasteiger partial charge in [-0.05, 0) is 43.9 Å². The van der Waals surface area contributed by atoms with Gasteiger partial charge < -0.3 is 19.9 Å². The molecule has 1 amide bonds. The Morgan fingerprint density at radius 2 is 1.90 bits per heavy atom. The van der Waals surface area contributed by atoms with E-state index >= 15 is 0 Å². The maximum Gasteiger partial charge on any atom is 0.258 e. The van der Waals surface area contributed by atoms with Gasteiger partial charge in [0.05, 0.1) is 24.1 Å². The summed E-state index contributed by atoms with van der Waals surface area (Å²) in [5.74, 6) is 1.23. The van der Waals surface area contributed by atoms with Crippen LogP contribution in [0.2, 0.25) is 0 Å². The number of likely N-dealkylation sites (N-methyl/N-ethyl adjacent to an activating group) is 1. The Hall–Kier alpha value is -3.19. The van der Waals surface area contributed by atoms with Crippen molar-refractivity contribution in [3.8, 4) is 5.75 Å². The SMILES string of the molecule is COc1ccc(C(CNC(=O)CCc2nc3ccccc3c(=O)[nH]2)N(C)C)cc1. The van der Waals surface area contributed by atoms with Crippen LogP contribution in [-0.2, 0) is 11.2 Å². The minimum Gasteiger partial charge on any atom is -0.497 e. The minimum atomic E-state index is -0.182. The van der Waals surface area contributed by atoms with Gasteiger partial charge in [-0.15, -0.1) is 0 Å². The van der Waals surface area contributed by atoms with E-state index in [4.69, 9.17) is 4.74 Å². The fourth-order valence-electron chi connectivity index (χ4n) is 3.21. The number of fused-ring (bicyclic) bond motifs is 1. The van der Waals surface area contributed by atoms with Crippen molar-refractivity contribution in [2.24, 2.45) is 0 Å². The number of nitrogens with zero attached hydrogens (tertiary/aromatic N) is 2. The van der Waals surface area contributed by atoms with E-state index in [1.807, 2.05) is 44.4 Å². The van der Waals surface area contributed by atoms with Crippen LogP contribution in [0.3, 0.4) is 0 Å². The van der Waals surface area contributed by atoms with Crippen LogP contribution in [0.1, 0.15) is 23.9 Å². The third-order valence-electron chi connectivity index (χ3n) is 4.87. The number of nitrogens with one attached hydrogen (secondary N) is 2. The number of carbonyl (C=O) groups is 1. The molecule has 3 rings (SSSR count). The summed E-state index contributed by atoms with van der Waals surface area (Å²) in [7, 11) is 5.59. The highest BCUT2D eigenvalue weighted by Crippen LogP contribution is 2.20. The summed E-state index contributed by atoms with van der Waals surface area (Å²) in [5, 5.41) is 3.53. The van der Waals surface area contributed by atoms with Gasteiger partial charge >= 0.3 is 0 Å². The summed E-state index contributed by atoms with van der Waals surface area (Å²) in [6.07, 6.45) is 0.630. The summed E-state index contributed by atoms with van der Waals surface area (Å²) in [6.45, 7) is 0.486. The van der Waals surface area contributed by atoms with E-state index in [0.29, 0.717) is 29.7 Å². The first kappa shape index (κ1) is 20.5. The molecule has 1 aromatic heterocycles. The number of benzene rings is 2. The van der Waals surface area contributed by atoms with Crippen LogP contribution in [0.4, 0.5) is 0 Å². The molecule has 2 N–H and O–H groups in total. The zero-order valence-corrected chi connectivity index (χ0v) is 16.9. The molecule has 1 heterocycles. The Bertz CT molecular complexity index is 1030. The lowest BCUT2D eigenvalue weighted by Gasteiger charge is -2.25. The molecule has 0 saturated heterocycles. The van der Waals surface area contributed by atoms with E-state index in [1.54, 1.807) is 25.3 Å². The van der Waals surface area contributed by atoms with Gasteiger partial charge in [-0.2, -0.15) is 0 Å². The second kappa shape index (κ2) is 9.34. The number of H-pyrrole nitrogens is 1. The average Bonchev–Trinajstić information content (AvgIpc) is 2.72. The van der Waals surface area contributed by atoms with E-state index in [-0.39, 0.29) is 23.9 Å². The summed E-state index contributed by atoms with van der Waals surface area (Å²) in [4.78, 5) is 33.7. The molecule has 7 nitrogen and oxygen atoms in total. The van der Waals surface area contributed by atoms with E-state index in [2.05, 4.69) is 20.2 Å². The maximum atomic E-state index is 12.4. The number of rotatable bonds is 8. The lowest BCUT2D eigenvalue weighted by atomic mass is 10.1. The summed E-state index contributed by atoms with van der Waals surface area (Å²) in [5.41, 5.74) is 1.55. The summed E-state index contributed by atoms with van der Waals surface area (Å²) in [6, 6.07) is 15.0. The fraction of sp³-hybridized carbons (Fsp3) is 0.318. The molecule has 2 aromatic carbocycles. The Labute approximate surface area is 169 Å². The van der Waals surface area contributed by atoms with Gasteiger partial charge in [-0.3, -0.25) is 9.59 Å². The van der Waals surface area contributed by atoms with Crippen molar-refractivity contribution in [3.05, 3.63) is 70.3 Å². The number of para-hydroxylation sites is 1. The zero-order chi connectivity index (χ0) is 20.8. The van der Waals surface area contributed by atoms with E-state index in [1.165, 1.54) is 0 Å². The molecule has 0 aliphatic heterocycles. The van der Waals surface area contributed by atoms with Crippen LogP contribution in [0, 0.1) is 0 Å². The number of methoxy groups -OCH3 is 1. The van der Waals surface area contributed by atoms with Crippen molar-refractivity contribution in [1.82, 2.24) is 20.2 Å². The first-order chi connectivity index (χ1) is 14.0. The second-order valence-electron chi connectivity index (χ2n) is 7.09. The van der Waals surface area contributed by atoms with Gasteiger partial charge in [-0.25, -0.2) is 4.98 Å². The quantitative estimate of drug-likeness (QED) is 0.612. The van der Waals surface area contributed by atoms with Gasteiger partial charge in [0.15, 0.2) is 0 Å². The monoisotopic (exact) mass is 394 g/mol. The van der Waals surface area contributed by atoms with Crippen molar-refractivity contribution in [3.63, 3.8) is 0 Å². The van der Waals surface area contributed by atoms with E-state index < -0.39 is 0 Å². The van der Waals surface area contributed by atoms with Crippen molar-refractivity contribution in [1.29, 1.82) is 0 Å². The van der Waals surface area contributed by atoms with Crippen molar-refractivity contribution >= 4 is 16.8 Å². The molecule has 0 spiro atoms. The molecule has 152 valence electrons. The largest absolute Gasteiger partial charge is 0.497 e. The van der Waals surface area contributed by atoms with E-state index in [0.717, 1.165) is 11.3 Å². The molecule has 3 aromatic rings. The molecule has 7 heteroatoms. The third-order valence-corrected chi connectivity index (χ3v) is 4.87. The Morgan fingerprint density at radius 1 is 1.17 bits per heavy atom. The number of aromatic amines is 1. The lowest BCUT2D eigenvalue weighted by Crippen LogP contribution is -2.34. The Kier molecular flexibility index (Phi) is 6.61. The van der Waals surface area contributed by atoms with Crippen molar-refractivity contribution in [2.45, 2.75) is 18.9 Å². The number of aryl methyl sites for hydroxylation is 1. The molecule has 1 atom stereocenters. The third kappa shape index (κ3) is 5.20. The molecular formula is C22H26N4O3. The molecule has 0 aliphatic rings. The highest BCUT2D eigenvalue weighted by Gasteiger charge is 2.16. The van der Waals surface area contributed by atoms with E-state index in [9.17, 15) is 9.59 Å². The highest BCUT2D eigenvalue weighted by molar-refractivity contribution is 5.78.